The van der Waals surface area contributed by atoms with Crippen LogP contribution in [0.3, 0.4) is 0 Å². The molecule has 10 aromatic rings. The monoisotopic (exact) mass is 1040 g/mol. The van der Waals surface area contributed by atoms with Crippen molar-refractivity contribution in [1.82, 2.24) is 0 Å². The third kappa shape index (κ3) is 8.96. The highest BCUT2D eigenvalue weighted by Gasteiger charge is 2.29. The third-order valence-corrected chi connectivity index (χ3v) is 19.0. The summed E-state index contributed by atoms with van der Waals surface area (Å²) in [5.41, 5.74) is 24.1. The van der Waals surface area contributed by atoms with Crippen LogP contribution in [0.15, 0.2) is 162 Å². The fraction of sp³-hybridized carbons (Fsp3) is 0.294. The summed E-state index contributed by atoms with van der Waals surface area (Å²) >= 11 is 0. The molecule has 14 rings (SSSR count). The first-order valence-electron chi connectivity index (χ1n) is 28.3. The van der Waals surface area contributed by atoms with E-state index >= 15 is 0 Å². The lowest BCUT2D eigenvalue weighted by atomic mass is 9.81. The van der Waals surface area contributed by atoms with Gasteiger partial charge in [0.2, 0.25) is 0 Å². The van der Waals surface area contributed by atoms with E-state index in [2.05, 4.69) is 146 Å². The van der Waals surface area contributed by atoms with Crippen LogP contribution in [0.25, 0.3) is 88.4 Å². The summed E-state index contributed by atoms with van der Waals surface area (Å²) in [5.74, 6) is 0. The van der Waals surface area contributed by atoms with E-state index in [1.165, 1.54) is 91.7 Å². The van der Waals surface area contributed by atoms with Crippen LogP contribution >= 0.6 is 16.5 Å². The van der Waals surface area contributed by atoms with Crippen LogP contribution in [-0.2, 0) is 51.4 Å². The van der Waals surface area contributed by atoms with Crippen LogP contribution in [0.1, 0.15) is 109 Å². The summed E-state index contributed by atoms with van der Waals surface area (Å²) in [4.78, 5) is 0. The first kappa shape index (κ1) is 47.9. The Hall–Kier alpha value is -6.52. The van der Waals surface area contributed by atoms with Crippen LogP contribution < -0.4 is 9.05 Å². The highest BCUT2D eigenvalue weighted by molar-refractivity contribution is 7.32. The van der Waals surface area contributed by atoms with Crippen LogP contribution in [0.4, 0.5) is 0 Å². The first-order valence-corrected chi connectivity index (χ1v) is 30.5. The number of hydrogen-bond donors (Lipinski definition) is 0. The lowest BCUT2D eigenvalue weighted by molar-refractivity contribution is 0.320. The molecule has 0 amide bonds. The standard InChI is InChI=1S/C68H64O6P2/c1-5-23-45(24-6-1)57-41-49-31-13-17-35-53(49)61-62-54-36-18-14-32-50(54)42-58(46-25-7-2-8-26-46)66(62)72-75(71-65(57)61)69-39-21-22-40-70-76-73-67-59(47-27-9-3-10-28-47)43-51-33-15-19-37-55(51)63(67)64-56-38-20-16-34-52(56)44-60(68(64)74-76)48-29-11-4-12-30-48/h1-12,23-30,41-44H,13-22,31-40H2. The fourth-order valence-electron chi connectivity index (χ4n) is 13.2. The van der Waals surface area contributed by atoms with Crippen molar-refractivity contribution in [3.8, 4) is 44.5 Å². The van der Waals surface area contributed by atoms with Crippen LogP contribution in [0, 0.1) is 0 Å². The summed E-state index contributed by atoms with van der Waals surface area (Å²) in [6, 6.07) is 52.8. The highest BCUT2D eigenvalue weighted by atomic mass is 31.1. The Morgan fingerprint density at radius 3 is 0.789 bits per heavy atom. The molecule has 0 unspecified atom stereocenters. The molecule has 0 N–H and O–H groups in total. The molecule has 0 fully saturated rings. The Morgan fingerprint density at radius 2 is 0.539 bits per heavy atom. The quantitative estimate of drug-likeness (QED) is 0.120. The second-order valence-corrected chi connectivity index (χ2v) is 23.7. The van der Waals surface area contributed by atoms with Crippen molar-refractivity contribution in [1.29, 1.82) is 0 Å². The van der Waals surface area contributed by atoms with Gasteiger partial charge in [-0.15, -0.1) is 0 Å². The number of fused-ring (bicyclic) bond motifs is 14. The maximum absolute atomic E-state index is 7.28. The van der Waals surface area contributed by atoms with E-state index in [1.807, 2.05) is 0 Å². The molecule has 8 aromatic carbocycles. The number of hydrogen-bond acceptors (Lipinski definition) is 6. The van der Waals surface area contributed by atoms with Gasteiger partial charge in [-0.05, 0) is 207 Å². The van der Waals surface area contributed by atoms with Crippen LogP contribution in [-0.4, -0.2) is 13.2 Å². The zero-order chi connectivity index (χ0) is 50.4. The van der Waals surface area contributed by atoms with E-state index in [0.717, 1.165) is 157 Å². The van der Waals surface area contributed by atoms with Crippen LogP contribution in [0.2, 0.25) is 0 Å². The molecule has 0 atom stereocenters. The Balaban J connectivity index is 0.863. The maximum atomic E-state index is 7.28. The molecule has 382 valence electrons. The second-order valence-electron chi connectivity index (χ2n) is 21.5. The van der Waals surface area contributed by atoms with Crippen molar-refractivity contribution in [2.75, 3.05) is 13.2 Å². The number of aryl methyl sites for hydroxylation is 8. The van der Waals surface area contributed by atoms with Crippen molar-refractivity contribution < 1.29 is 25.8 Å². The third-order valence-electron chi connectivity index (χ3n) is 16.8. The zero-order valence-electron chi connectivity index (χ0n) is 43.3. The Kier molecular flexibility index (Phi) is 13.3. The average Bonchev–Trinajstić information content (AvgIpc) is 3.93. The lowest BCUT2D eigenvalue weighted by Crippen LogP contribution is -2.07. The molecular formula is C68H64O6P2. The van der Waals surface area contributed by atoms with Gasteiger partial charge in [-0.25, -0.2) is 0 Å². The molecule has 2 heterocycles. The molecule has 4 aliphatic carbocycles. The fourth-order valence-corrected chi connectivity index (χ4v) is 15.4. The molecule has 0 bridgehead atoms. The summed E-state index contributed by atoms with van der Waals surface area (Å²) < 4.78 is 42.9. The van der Waals surface area contributed by atoms with E-state index in [0.29, 0.717) is 13.2 Å². The molecule has 2 aromatic heterocycles. The summed E-state index contributed by atoms with van der Waals surface area (Å²) in [6.07, 6.45) is 19.3. The Morgan fingerprint density at radius 1 is 0.303 bits per heavy atom. The van der Waals surface area contributed by atoms with Crippen molar-refractivity contribution >= 4 is 60.4 Å². The molecule has 0 saturated heterocycles. The van der Waals surface area contributed by atoms with E-state index in [1.54, 1.807) is 0 Å². The molecule has 76 heavy (non-hydrogen) atoms. The van der Waals surface area contributed by atoms with Gasteiger partial charge in [-0.3, -0.25) is 9.05 Å². The van der Waals surface area contributed by atoms with Crippen molar-refractivity contribution in [2.45, 2.75) is 116 Å². The van der Waals surface area contributed by atoms with E-state index in [9.17, 15) is 0 Å². The van der Waals surface area contributed by atoms with E-state index in [4.69, 9.17) is 25.8 Å². The predicted octanol–water partition coefficient (Wildman–Crippen LogP) is 19.4. The van der Waals surface area contributed by atoms with E-state index in [-0.39, 0.29) is 0 Å². The van der Waals surface area contributed by atoms with Crippen molar-refractivity contribution in [2.24, 2.45) is 0 Å². The average molecular weight is 1040 g/mol. The van der Waals surface area contributed by atoms with Crippen LogP contribution in [0.5, 0.6) is 0 Å². The van der Waals surface area contributed by atoms with Gasteiger partial charge in [0.1, 0.15) is 0 Å². The second kappa shape index (κ2) is 21.1. The van der Waals surface area contributed by atoms with Crippen molar-refractivity contribution in [3.05, 3.63) is 190 Å². The van der Waals surface area contributed by atoms with E-state index < -0.39 is 16.5 Å². The molecule has 8 heteroatoms. The van der Waals surface area contributed by atoms with Gasteiger partial charge in [-0.2, -0.15) is 0 Å². The summed E-state index contributed by atoms with van der Waals surface area (Å²) in [5, 5.41) is 4.91. The van der Waals surface area contributed by atoms with Crippen molar-refractivity contribution in [3.63, 3.8) is 0 Å². The van der Waals surface area contributed by atoms with Gasteiger partial charge in [0.25, 0.3) is 0 Å². The SMILES string of the molecule is c1ccc(-c2cc3c(c4c2op(OCCCCOp2oc5c(-c6ccccc6)cc6c(c5c5c7c(cc(-c8ccccc8)c5o2)CCCC7)CCCC6)oc2c(-c5ccccc5)cc5c(c24)CCCC5)CCCC3)cc1. The lowest BCUT2D eigenvalue weighted by Gasteiger charge is -2.23. The minimum atomic E-state index is -1.85. The maximum Gasteiger partial charge on any atom is 0.387 e. The number of unbranched alkanes of at least 4 members (excludes halogenated alkanes) is 1. The molecule has 4 aliphatic rings. The summed E-state index contributed by atoms with van der Waals surface area (Å²) in [7, 11) is -3.71. The number of benzene rings is 8. The smallest absolute Gasteiger partial charge is 0.387 e. The number of rotatable bonds is 11. The molecular weight excluding hydrogens is 975 g/mol. The normalized spacial score (nSPS) is 15.1. The highest BCUT2D eigenvalue weighted by Crippen LogP contribution is 2.50. The molecule has 0 saturated carbocycles. The Labute approximate surface area is 447 Å². The minimum Gasteiger partial charge on any atom is -0.398 e. The predicted molar refractivity (Wildman–Crippen MR) is 313 cm³/mol. The van der Waals surface area contributed by atoms with Gasteiger partial charge in [0, 0.05) is 43.8 Å². The first-order chi connectivity index (χ1) is 37.7. The molecule has 0 spiro atoms. The molecule has 0 radical (unpaired) electrons. The summed E-state index contributed by atoms with van der Waals surface area (Å²) in [6.45, 7) is 0.883. The molecule has 0 aliphatic heterocycles. The zero-order valence-corrected chi connectivity index (χ0v) is 45.1. The van der Waals surface area contributed by atoms with Gasteiger partial charge in [0.05, 0.1) is 13.2 Å². The topological polar surface area (TPSA) is 71.0 Å². The largest absolute Gasteiger partial charge is 0.398 e. The minimum absolute atomic E-state index is 0.441. The van der Waals surface area contributed by atoms with Gasteiger partial charge < -0.3 is 16.8 Å². The molecule has 6 nitrogen and oxygen atoms in total. The van der Waals surface area contributed by atoms with Gasteiger partial charge in [0.15, 0.2) is 22.3 Å². The Bertz CT molecular complexity index is 3380. The van der Waals surface area contributed by atoms with Gasteiger partial charge in [-0.1, -0.05) is 121 Å². The van der Waals surface area contributed by atoms with Gasteiger partial charge >= 0.3 is 16.5 Å².